The van der Waals surface area contributed by atoms with Crippen molar-refractivity contribution in [3.63, 3.8) is 0 Å². The second-order valence-corrected chi connectivity index (χ2v) is 5.47. The van der Waals surface area contributed by atoms with Gasteiger partial charge in [0.1, 0.15) is 5.75 Å². The maximum atomic E-state index is 9.87. The van der Waals surface area contributed by atoms with Crippen LogP contribution in [0.2, 0.25) is 0 Å². The van der Waals surface area contributed by atoms with E-state index in [-0.39, 0.29) is 6.04 Å². The van der Waals surface area contributed by atoms with Gasteiger partial charge in [-0.1, -0.05) is 17.7 Å². The minimum Gasteiger partial charge on any atom is -0.508 e. The third-order valence-electron chi connectivity index (χ3n) is 3.06. The summed E-state index contributed by atoms with van der Waals surface area (Å²) in [6.07, 6.45) is 0. The van der Waals surface area contributed by atoms with E-state index in [0.29, 0.717) is 5.75 Å². The van der Waals surface area contributed by atoms with Crippen LogP contribution in [0.15, 0.2) is 23.7 Å². The van der Waals surface area contributed by atoms with Crippen LogP contribution in [0.25, 0.3) is 0 Å². The quantitative estimate of drug-likeness (QED) is 0.888. The SMILES string of the molecule is Cc1ccc(O)c(C(C)NCc2scnc2C)c1. The van der Waals surface area contributed by atoms with Crippen LogP contribution >= 0.6 is 11.3 Å². The number of phenols is 1. The monoisotopic (exact) mass is 262 g/mol. The van der Waals surface area contributed by atoms with Gasteiger partial charge >= 0.3 is 0 Å². The standard InChI is InChI=1S/C14H18N2OS/c1-9-4-5-13(17)12(6-9)10(2)15-7-14-11(3)16-8-18-14/h4-6,8,10,15,17H,7H2,1-3H3. The summed E-state index contributed by atoms with van der Waals surface area (Å²) in [4.78, 5) is 5.47. The molecular formula is C14H18N2OS. The van der Waals surface area contributed by atoms with Crippen molar-refractivity contribution in [2.45, 2.75) is 33.4 Å². The molecule has 18 heavy (non-hydrogen) atoms. The summed E-state index contributed by atoms with van der Waals surface area (Å²) in [6.45, 7) is 6.89. The first-order chi connectivity index (χ1) is 8.58. The maximum absolute atomic E-state index is 9.87. The van der Waals surface area contributed by atoms with Crippen molar-refractivity contribution in [1.29, 1.82) is 0 Å². The number of hydrogen-bond donors (Lipinski definition) is 2. The maximum Gasteiger partial charge on any atom is 0.120 e. The molecule has 1 aromatic heterocycles. The topological polar surface area (TPSA) is 45.1 Å². The van der Waals surface area contributed by atoms with Gasteiger partial charge in [0.05, 0.1) is 11.2 Å². The highest BCUT2D eigenvalue weighted by atomic mass is 32.1. The van der Waals surface area contributed by atoms with E-state index in [2.05, 4.69) is 17.2 Å². The Morgan fingerprint density at radius 1 is 1.39 bits per heavy atom. The molecule has 3 nitrogen and oxygen atoms in total. The Morgan fingerprint density at radius 3 is 2.83 bits per heavy atom. The van der Waals surface area contributed by atoms with Crippen molar-refractivity contribution >= 4 is 11.3 Å². The van der Waals surface area contributed by atoms with Crippen LogP contribution in [0.5, 0.6) is 5.75 Å². The zero-order valence-electron chi connectivity index (χ0n) is 10.9. The molecule has 0 aliphatic heterocycles. The van der Waals surface area contributed by atoms with Crippen LogP contribution in [-0.4, -0.2) is 10.1 Å². The number of benzene rings is 1. The summed E-state index contributed by atoms with van der Waals surface area (Å²) in [6, 6.07) is 5.80. The number of rotatable bonds is 4. The van der Waals surface area contributed by atoms with Gasteiger partial charge in [0, 0.05) is 23.0 Å². The zero-order chi connectivity index (χ0) is 13.1. The van der Waals surface area contributed by atoms with Gasteiger partial charge in [0.15, 0.2) is 0 Å². The molecule has 1 heterocycles. The van der Waals surface area contributed by atoms with Crippen molar-refractivity contribution in [2.75, 3.05) is 0 Å². The third kappa shape index (κ3) is 2.89. The summed E-state index contributed by atoms with van der Waals surface area (Å²) in [5.41, 5.74) is 5.04. The van der Waals surface area contributed by atoms with Gasteiger partial charge < -0.3 is 10.4 Å². The first-order valence-corrected chi connectivity index (χ1v) is 6.87. The molecule has 0 radical (unpaired) electrons. The lowest BCUT2D eigenvalue weighted by molar-refractivity contribution is 0.452. The van der Waals surface area contributed by atoms with Crippen LogP contribution in [0.3, 0.4) is 0 Å². The molecule has 0 bridgehead atoms. The Kier molecular flexibility index (Phi) is 3.99. The number of nitrogens with one attached hydrogen (secondary N) is 1. The summed E-state index contributed by atoms with van der Waals surface area (Å²) in [7, 11) is 0. The largest absolute Gasteiger partial charge is 0.508 e. The van der Waals surface area contributed by atoms with Gasteiger partial charge in [0.25, 0.3) is 0 Å². The first-order valence-electron chi connectivity index (χ1n) is 6.00. The Balaban J connectivity index is 2.06. The van der Waals surface area contributed by atoms with Crippen molar-refractivity contribution in [3.8, 4) is 5.75 Å². The number of nitrogens with zero attached hydrogens (tertiary/aromatic N) is 1. The molecule has 4 heteroatoms. The molecule has 0 saturated carbocycles. The molecule has 1 aromatic carbocycles. The number of aromatic hydroxyl groups is 1. The van der Waals surface area contributed by atoms with Gasteiger partial charge in [-0.3, -0.25) is 0 Å². The number of aromatic nitrogens is 1. The van der Waals surface area contributed by atoms with Crippen LogP contribution in [0.1, 0.15) is 34.7 Å². The molecule has 0 fully saturated rings. The minimum atomic E-state index is 0.117. The molecule has 2 N–H and O–H groups in total. The van der Waals surface area contributed by atoms with Crippen LogP contribution < -0.4 is 5.32 Å². The highest BCUT2D eigenvalue weighted by Gasteiger charge is 2.11. The molecule has 0 amide bonds. The minimum absolute atomic E-state index is 0.117. The lowest BCUT2D eigenvalue weighted by Crippen LogP contribution is -2.18. The molecule has 96 valence electrons. The highest BCUT2D eigenvalue weighted by molar-refractivity contribution is 7.09. The van der Waals surface area contributed by atoms with Crippen molar-refractivity contribution < 1.29 is 5.11 Å². The smallest absolute Gasteiger partial charge is 0.120 e. The normalized spacial score (nSPS) is 12.6. The Bertz CT molecular complexity index is 536. The van der Waals surface area contributed by atoms with E-state index in [4.69, 9.17) is 0 Å². The van der Waals surface area contributed by atoms with Gasteiger partial charge in [-0.05, 0) is 26.8 Å². The van der Waals surface area contributed by atoms with E-state index in [1.165, 1.54) is 4.88 Å². The highest BCUT2D eigenvalue weighted by Crippen LogP contribution is 2.25. The summed E-state index contributed by atoms with van der Waals surface area (Å²) >= 11 is 1.66. The van der Waals surface area contributed by atoms with E-state index >= 15 is 0 Å². The van der Waals surface area contributed by atoms with E-state index in [1.807, 2.05) is 31.5 Å². The molecule has 0 saturated heterocycles. The molecule has 1 atom stereocenters. The average Bonchev–Trinajstić information content (AvgIpc) is 2.75. The van der Waals surface area contributed by atoms with Crippen molar-refractivity contribution in [1.82, 2.24) is 10.3 Å². The summed E-state index contributed by atoms with van der Waals surface area (Å²) in [5, 5.41) is 13.3. The number of aryl methyl sites for hydroxylation is 2. The van der Waals surface area contributed by atoms with Crippen molar-refractivity contribution in [3.05, 3.63) is 45.4 Å². The van der Waals surface area contributed by atoms with E-state index < -0.39 is 0 Å². The van der Waals surface area contributed by atoms with Crippen LogP contribution in [-0.2, 0) is 6.54 Å². The molecule has 0 aliphatic carbocycles. The lowest BCUT2D eigenvalue weighted by atomic mass is 10.0. The van der Waals surface area contributed by atoms with E-state index in [0.717, 1.165) is 23.4 Å². The Labute approximate surface area is 112 Å². The van der Waals surface area contributed by atoms with Crippen LogP contribution in [0, 0.1) is 13.8 Å². The second kappa shape index (κ2) is 5.50. The van der Waals surface area contributed by atoms with Gasteiger partial charge in [-0.2, -0.15) is 0 Å². The number of phenolic OH excluding ortho intramolecular Hbond substituents is 1. The Morgan fingerprint density at radius 2 is 2.17 bits per heavy atom. The predicted octanol–water partition coefficient (Wildman–Crippen LogP) is 3.32. The predicted molar refractivity (Wildman–Crippen MR) is 74.9 cm³/mol. The van der Waals surface area contributed by atoms with Crippen molar-refractivity contribution in [2.24, 2.45) is 0 Å². The fraction of sp³-hybridized carbons (Fsp3) is 0.357. The summed E-state index contributed by atoms with van der Waals surface area (Å²) in [5.74, 6) is 0.349. The first kappa shape index (κ1) is 13.1. The van der Waals surface area contributed by atoms with Crippen LogP contribution in [0.4, 0.5) is 0 Å². The average molecular weight is 262 g/mol. The summed E-state index contributed by atoms with van der Waals surface area (Å²) < 4.78 is 0. The molecule has 2 aromatic rings. The second-order valence-electron chi connectivity index (χ2n) is 4.53. The molecule has 1 unspecified atom stereocenters. The number of hydrogen-bond acceptors (Lipinski definition) is 4. The Hall–Kier alpha value is -1.39. The molecule has 0 aliphatic rings. The lowest BCUT2D eigenvalue weighted by Gasteiger charge is -2.16. The molecule has 0 spiro atoms. The van der Waals surface area contributed by atoms with Gasteiger partial charge in [-0.15, -0.1) is 11.3 Å². The van der Waals surface area contributed by atoms with E-state index in [9.17, 15) is 5.11 Å². The number of thiazole rings is 1. The van der Waals surface area contributed by atoms with E-state index in [1.54, 1.807) is 17.4 Å². The molecular weight excluding hydrogens is 244 g/mol. The fourth-order valence-electron chi connectivity index (χ4n) is 1.87. The fourth-order valence-corrected chi connectivity index (χ4v) is 2.60. The van der Waals surface area contributed by atoms with Gasteiger partial charge in [-0.25, -0.2) is 4.98 Å². The zero-order valence-corrected chi connectivity index (χ0v) is 11.7. The molecule has 2 rings (SSSR count). The third-order valence-corrected chi connectivity index (χ3v) is 4.00. The van der Waals surface area contributed by atoms with Gasteiger partial charge in [0.2, 0.25) is 0 Å².